The van der Waals surface area contributed by atoms with E-state index in [1.165, 1.54) is 11.3 Å². The lowest BCUT2D eigenvalue weighted by Crippen LogP contribution is -2.45. The van der Waals surface area contributed by atoms with E-state index in [2.05, 4.69) is 20.2 Å². The van der Waals surface area contributed by atoms with Crippen molar-refractivity contribution in [2.24, 2.45) is 0 Å². The maximum absolute atomic E-state index is 12.5. The van der Waals surface area contributed by atoms with Crippen molar-refractivity contribution in [2.45, 2.75) is 6.61 Å². The van der Waals surface area contributed by atoms with Crippen molar-refractivity contribution in [3.05, 3.63) is 59.2 Å². The second-order valence-electron chi connectivity index (χ2n) is 6.84. The molecule has 30 heavy (non-hydrogen) atoms. The number of carbonyl (C=O) groups excluding carboxylic acids is 2. The molecule has 1 aliphatic heterocycles. The third-order valence-electron chi connectivity index (χ3n) is 5.00. The number of carbonyl (C=O) groups is 2. The number of piperazine rings is 1. The van der Waals surface area contributed by atoms with Crippen LogP contribution in [0, 0.1) is 0 Å². The highest BCUT2D eigenvalue weighted by Gasteiger charge is 2.17. The number of aliphatic hydroxyl groups excluding tert-OH is 1. The van der Waals surface area contributed by atoms with E-state index in [-0.39, 0.29) is 12.5 Å². The summed E-state index contributed by atoms with van der Waals surface area (Å²) < 4.78 is 0. The Morgan fingerprint density at radius 3 is 2.67 bits per heavy atom. The number of hydrogen-bond acceptors (Lipinski definition) is 7. The first kappa shape index (κ1) is 20.0. The van der Waals surface area contributed by atoms with E-state index in [1.54, 1.807) is 17.2 Å². The first-order valence-corrected chi connectivity index (χ1v) is 10.4. The summed E-state index contributed by atoms with van der Waals surface area (Å²) in [6.07, 6.45) is 2.55. The molecule has 0 spiro atoms. The Labute approximate surface area is 177 Å². The van der Waals surface area contributed by atoms with E-state index in [0.717, 1.165) is 36.3 Å². The third kappa shape index (κ3) is 4.32. The van der Waals surface area contributed by atoms with Crippen molar-refractivity contribution in [3.63, 3.8) is 0 Å². The summed E-state index contributed by atoms with van der Waals surface area (Å²) in [5.41, 5.74) is 3.56. The predicted molar refractivity (Wildman–Crippen MR) is 116 cm³/mol. The van der Waals surface area contributed by atoms with E-state index in [0.29, 0.717) is 29.6 Å². The SMILES string of the molecule is O=CN1CCN(c2ccc(C(=O)Nc3nc(-c4ccccc4CO)cs3)nc2)CC1. The molecule has 0 atom stereocenters. The summed E-state index contributed by atoms with van der Waals surface area (Å²) >= 11 is 1.32. The minimum atomic E-state index is -0.330. The van der Waals surface area contributed by atoms with Crippen molar-refractivity contribution < 1.29 is 14.7 Å². The molecule has 1 fully saturated rings. The number of pyridine rings is 1. The fourth-order valence-electron chi connectivity index (χ4n) is 3.32. The normalized spacial score (nSPS) is 13.9. The van der Waals surface area contributed by atoms with Gasteiger partial charge >= 0.3 is 0 Å². The average Bonchev–Trinajstić information content (AvgIpc) is 3.27. The van der Waals surface area contributed by atoms with Crippen LogP contribution in [0.1, 0.15) is 16.1 Å². The van der Waals surface area contributed by atoms with Crippen molar-refractivity contribution in [2.75, 3.05) is 36.4 Å². The van der Waals surface area contributed by atoms with Crippen molar-refractivity contribution in [1.29, 1.82) is 0 Å². The van der Waals surface area contributed by atoms with Gasteiger partial charge in [-0.15, -0.1) is 11.3 Å². The number of anilines is 2. The lowest BCUT2D eigenvalue weighted by Gasteiger charge is -2.33. The molecule has 0 radical (unpaired) electrons. The van der Waals surface area contributed by atoms with Gasteiger partial charge < -0.3 is 14.9 Å². The van der Waals surface area contributed by atoms with Gasteiger partial charge in [-0.1, -0.05) is 24.3 Å². The van der Waals surface area contributed by atoms with E-state index >= 15 is 0 Å². The first-order valence-electron chi connectivity index (χ1n) is 9.54. The van der Waals surface area contributed by atoms with Crippen molar-refractivity contribution >= 4 is 34.5 Å². The quantitative estimate of drug-likeness (QED) is 0.590. The highest BCUT2D eigenvalue weighted by atomic mass is 32.1. The Hall–Kier alpha value is -3.30. The molecule has 1 aliphatic rings. The molecule has 0 bridgehead atoms. The molecule has 0 saturated carbocycles. The van der Waals surface area contributed by atoms with Gasteiger partial charge in [-0.25, -0.2) is 9.97 Å². The van der Waals surface area contributed by atoms with Crippen LogP contribution in [0.3, 0.4) is 0 Å². The lowest BCUT2D eigenvalue weighted by molar-refractivity contribution is -0.118. The molecule has 8 nitrogen and oxygen atoms in total. The Bertz CT molecular complexity index is 1030. The summed E-state index contributed by atoms with van der Waals surface area (Å²) in [6, 6.07) is 11.0. The van der Waals surface area contributed by atoms with Gasteiger partial charge in [-0.2, -0.15) is 0 Å². The van der Waals surface area contributed by atoms with Crippen LogP contribution in [0.2, 0.25) is 0 Å². The first-order chi connectivity index (χ1) is 14.7. The van der Waals surface area contributed by atoms with E-state index < -0.39 is 0 Å². The van der Waals surface area contributed by atoms with Gasteiger partial charge in [0.15, 0.2) is 5.13 Å². The van der Waals surface area contributed by atoms with Gasteiger partial charge in [0.2, 0.25) is 6.41 Å². The van der Waals surface area contributed by atoms with Crippen molar-refractivity contribution in [3.8, 4) is 11.3 Å². The highest BCUT2D eigenvalue weighted by molar-refractivity contribution is 7.14. The smallest absolute Gasteiger partial charge is 0.276 e. The lowest BCUT2D eigenvalue weighted by atomic mass is 10.1. The Balaban J connectivity index is 1.41. The average molecular weight is 423 g/mol. The van der Waals surface area contributed by atoms with Crippen LogP contribution >= 0.6 is 11.3 Å². The molecule has 2 N–H and O–H groups in total. The van der Waals surface area contributed by atoms with Gasteiger partial charge in [0.05, 0.1) is 24.2 Å². The van der Waals surface area contributed by atoms with E-state index in [4.69, 9.17) is 0 Å². The second-order valence-corrected chi connectivity index (χ2v) is 7.70. The van der Waals surface area contributed by atoms with Crippen LogP contribution in [0.25, 0.3) is 11.3 Å². The molecule has 9 heteroatoms. The van der Waals surface area contributed by atoms with Crippen LogP contribution in [0.4, 0.5) is 10.8 Å². The van der Waals surface area contributed by atoms with Crippen LogP contribution in [0.5, 0.6) is 0 Å². The molecule has 154 valence electrons. The molecular formula is C21H21N5O3S. The maximum Gasteiger partial charge on any atom is 0.276 e. The standard InChI is InChI=1S/C21H21N5O3S/c27-12-15-3-1-2-4-17(15)19-13-30-21(23-19)24-20(29)18-6-5-16(11-22-18)26-9-7-25(14-28)8-10-26/h1-6,11,13-14,27H,7-10,12H2,(H,23,24,29). The minimum absolute atomic E-state index is 0.0736. The molecule has 4 rings (SSSR count). The molecule has 0 aliphatic carbocycles. The predicted octanol–water partition coefficient (Wildman–Crippen LogP) is 2.23. The van der Waals surface area contributed by atoms with Crippen LogP contribution in [0.15, 0.2) is 48.0 Å². The molecule has 3 heterocycles. The second kappa shape index (κ2) is 9.02. The Kier molecular flexibility index (Phi) is 6.01. The number of thiazole rings is 1. The number of rotatable bonds is 6. The number of nitrogens with one attached hydrogen (secondary N) is 1. The minimum Gasteiger partial charge on any atom is -0.392 e. The van der Waals surface area contributed by atoms with Crippen LogP contribution in [-0.4, -0.2) is 58.5 Å². The molecular weight excluding hydrogens is 402 g/mol. The Morgan fingerprint density at radius 2 is 1.97 bits per heavy atom. The zero-order valence-electron chi connectivity index (χ0n) is 16.2. The van der Waals surface area contributed by atoms with E-state index in [1.807, 2.05) is 35.7 Å². The number of aliphatic hydroxyl groups is 1. The number of amides is 2. The summed E-state index contributed by atoms with van der Waals surface area (Å²) in [7, 11) is 0. The van der Waals surface area contributed by atoms with Gasteiger partial charge in [-0.05, 0) is 17.7 Å². The molecule has 1 saturated heterocycles. The van der Waals surface area contributed by atoms with Gasteiger partial charge in [0.1, 0.15) is 5.69 Å². The van der Waals surface area contributed by atoms with Crippen molar-refractivity contribution in [1.82, 2.24) is 14.9 Å². The Morgan fingerprint density at radius 1 is 1.17 bits per heavy atom. The number of aromatic nitrogens is 2. The molecule has 3 aromatic rings. The summed E-state index contributed by atoms with van der Waals surface area (Å²) in [5.74, 6) is -0.330. The maximum atomic E-state index is 12.5. The van der Waals surface area contributed by atoms with E-state index in [9.17, 15) is 14.7 Å². The highest BCUT2D eigenvalue weighted by Crippen LogP contribution is 2.28. The fourth-order valence-corrected chi connectivity index (χ4v) is 4.02. The van der Waals surface area contributed by atoms with Gasteiger partial charge in [-0.3, -0.25) is 14.9 Å². The summed E-state index contributed by atoms with van der Waals surface area (Å²) in [4.78, 5) is 36.0. The summed E-state index contributed by atoms with van der Waals surface area (Å²) in [6.45, 7) is 2.76. The topological polar surface area (TPSA) is 98.7 Å². The monoisotopic (exact) mass is 423 g/mol. The molecule has 1 aromatic carbocycles. The largest absolute Gasteiger partial charge is 0.392 e. The molecule has 2 aromatic heterocycles. The number of benzene rings is 1. The molecule has 0 unspecified atom stereocenters. The van der Waals surface area contributed by atoms with Gasteiger partial charge in [0.25, 0.3) is 5.91 Å². The zero-order valence-corrected chi connectivity index (χ0v) is 17.0. The molecule has 2 amide bonds. The number of hydrogen-bond donors (Lipinski definition) is 2. The summed E-state index contributed by atoms with van der Waals surface area (Å²) in [5, 5.41) is 14.6. The van der Waals surface area contributed by atoms with Crippen LogP contribution in [-0.2, 0) is 11.4 Å². The zero-order chi connectivity index (χ0) is 20.9. The third-order valence-corrected chi connectivity index (χ3v) is 5.76. The fraction of sp³-hybridized carbons (Fsp3) is 0.238. The van der Waals surface area contributed by atoms with Gasteiger partial charge in [0, 0.05) is 37.1 Å². The number of nitrogens with zero attached hydrogens (tertiary/aromatic N) is 4. The van der Waals surface area contributed by atoms with Crippen LogP contribution < -0.4 is 10.2 Å².